The van der Waals surface area contributed by atoms with Crippen LogP contribution in [0.2, 0.25) is 24.7 Å². The van der Waals surface area contributed by atoms with E-state index >= 15 is 0 Å². The highest BCUT2D eigenvalue weighted by Crippen LogP contribution is 2.71. The first-order valence-electron chi connectivity index (χ1n) is 6.33. The number of fused-ring (bicyclic) bond motifs is 1. The molecule has 1 saturated carbocycles. The Hall–Kier alpha value is -1.00. The minimum Gasteiger partial charge on any atom is -0.274 e. The number of anilines is 1. The van der Waals surface area contributed by atoms with Crippen LogP contribution in [0.5, 0.6) is 0 Å². The predicted molar refractivity (Wildman–Crippen MR) is 80.7 cm³/mol. The average molecular weight is 275 g/mol. The summed E-state index contributed by atoms with van der Waals surface area (Å²) in [6.07, 6.45) is 0.990. The second-order valence-electron chi connectivity index (χ2n) is 6.29. The molecule has 2 atom stereocenters. The van der Waals surface area contributed by atoms with Crippen LogP contribution in [-0.4, -0.2) is 19.0 Å². The van der Waals surface area contributed by atoms with Crippen LogP contribution in [0.15, 0.2) is 30.3 Å². The Bertz CT molecular complexity index is 536. The molecule has 1 aliphatic carbocycles. The minimum atomic E-state index is -1.53. The molecular formula is C14H17NOSSi. The van der Waals surface area contributed by atoms with Crippen LogP contribution in [0.4, 0.5) is 5.69 Å². The number of para-hydroxylation sites is 1. The molecule has 4 heteroatoms. The van der Waals surface area contributed by atoms with Crippen LogP contribution in [-0.2, 0) is 4.79 Å². The van der Waals surface area contributed by atoms with Crippen molar-refractivity contribution in [1.29, 1.82) is 0 Å². The highest BCUT2D eigenvalue weighted by Gasteiger charge is 2.74. The van der Waals surface area contributed by atoms with E-state index in [1.165, 1.54) is 0 Å². The summed E-state index contributed by atoms with van der Waals surface area (Å²) in [6.45, 7) is 6.84. The van der Waals surface area contributed by atoms with Gasteiger partial charge in [-0.05, 0) is 18.6 Å². The SMILES string of the molecule is C[Si](C)(C)[C@]12C[C@H]1C(=S)N(c1ccccc1)C2=O. The number of benzene rings is 1. The molecule has 1 aromatic carbocycles. The molecular weight excluding hydrogens is 258 g/mol. The quantitative estimate of drug-likeness (QED) is 0.608. The number of amides is 1. The monoisotopic (exact) mass is 275 g/mol. The normalized spacial score (nSPS) is 30.6. The fraction of sp³-hybridized carbons (Fsp3) is 0.429. The van der Waals surface area contributed by atoms with Gasteiger partial charge in [0.05, 0.1) is 18.1 Å². The summed E-state index contributed by atoms with van der Waals surface area (Å²) >= 11 is 5.53. The van der Waals surface area contributed by atoms with Gasteiger partial charge >= 0.3 is 0 Å². The molecule has 0 spiro atoms. The Morgan fingerprint density at radius 3 is 2.39 bits per heavy atom. The van der Waals surface area contributed by atoms with E-state index in [2.05, 4.69) is 19.6 Å². The summed E-state index contributed by atoms with van der Waals surface area (Å²) in [6, 6.07) is 9.80. The molecule has 0 aromatic heterocycles. The third-order valence-electron chi connectivity index (χ3n) is 4.42. The van der Waals surface area contributed by atoms with Crippen LogP contribution < -0.4 is 4.90 Å². The molecule has 2 fully saturated rings. The zero-order valence-electron chi connectivity index (χ0n) is 10.9. The molecule has 2 nitrogen and oxygen atoms in total. The van der Waals surface area contributed by atoms with E-state index < -0.39 is 8.07 Å². The zero-order valence-corrected chi connectivity index (χ0v) is 12.8. The Balaban J connectivity index is 2.03. The molecule has 0 bridgehead atoms. The van der Waals surface area contributed by atoms with Crippen molar-refractivity contribution in [1.82, 2.24) is 0 Å². The lowest BCUT2D eigenvalue weighted by Crippen LogP contribution is -2.40. The van der Waals surface area contributed by atoms with Gasteiger partial charge in [0, 0.05) is 11.6 Å². The van der Waals surface area contributed by atoms with Gasteiger partial charge in [-0.2, -0.15) is 0 Å². The van der Waals surface area contributed by atoms with Gasteiger partial charge in [0.15, 0.2) is 0 Å². The summed E-state index contributed by atoms with van der Waals surface area (Å²) in [7, 11) is -1.53. The van der Waals surface area contributed by atoms with E-state index in [9.17, 15) is 4.79 Å². The van der Waals surface area contributed by atoms with Crippen molar-refractivity contribution < 1.29 is 4.79 Å². The molecule has 1 heterocycles. The van der Waals surface area contributed by atoms with Gasteiger partial charge in [-0.3, -0.25) is 9.69 Å². The van der Waals surface area contributed by atoms with Crippen molar-refractivity contribution in [3.05, 3.63) is 30.3 Å². The second kappa shape index (κ2) is 3.51. The maximum absolute atomic E-state index is 12.8. The summed E-state index contributed by atoms with van der Waals surface area (Å²) in [4.78, 5) is 15.4. The van der Waals surface area contributed by atoms with Crippen molar-refractivity contribution in [2.24, 2.45) is 5.92 Å². The van der Waals surface area contributed by atoms with Crippen LogP contribution in [0.1, 0.15) is 6.42 Å². The van der Waals surface area contributed by atoms with Crippen molar-refractivity contribution >= 4 is 36.9 Å². The molecule has 1 saturated heterocycles. The number of hydrogen-bond acceptors (Lipinski definition) is 2. The standard InChI is InChI=1S/C14H17NOSSi/c1-18(2,3)14-9-11(14)12(17)15(13(14)16)10-7-5-4-6-8-10/h4-8,11H,9H2,1-3H3/t11-,14+/m0/s1. The molecule has 0 N–H and O–H groups in total. The smallest absolute Gasteiger partial charge is 0.236 e. The molecule has 2 aliphatic rings. The van der Waals surface area contributed by atoms with Crippen molar-refractivity contribution in [2.45, 2.75) is 31.1 Å². The lowest BCUT2D eigenvalue weighted by molar-refractivity contribution is -0.118. The molecule has 0 radical (unpaired) electrons. The number of thiocarbonyl (C=S) groups is 1. The third kappa shape index (κ3) is 1.33. The van der Waals surface area contributed by atoms with Gasteiger partial charge < -0.3 is 0 Å². The van der Waals surface area contributed by atoms with Crippen molar-refractivity contribution in [3.63, 3.8) is 0 Å². The number of hydrogen-bond donors (Lipinski definition) is 0. The number of carbonyl (C=O) groups excluding carboxylic acids is 1. The van der Waals surface area contributed by atoms with E-state index in [-0.39, 0.29) is 10.9 Å². The first-order chi connectivity index (χ1) is 8.39. The minimum absolute atomic E-state index is 0.111. The van der Waals surface area contributed by atoms with Gasteiger partial charge in [0.25, 0.3) is 0 Å². The van der Waals surface area contributed by atoms with Gasteiger partial charge in [-0.1, -0.05) is 50.1 Å². The largest absolute Gasteiger partial charge is 0.274 e. The molecule has 1 aliphatic heterocycles. The highest BCUT2D eigenvalue weighted by molar-refractivity contribution is 7.80. The van der Waals surface area contributed by atoms with Crippen LogP contribution in [0, 0.1) is 5.92 Å². The highest BCUT2D eigenvalue weighted by atomic mass is 32.1. The van der Waals surface area contributed by atoms with Crippen LogP contribution in [0.25, 0.3) is 0 Å². The van der Waals surface area contributed by atoms with Crippen LogP contribution in [0.3, 0.4) is 0 Å². The molecule has 0 unspecified atom stereocenters. The van der Waals surface area contributed by atoms with Gasteiger partial charge in [0.1, 0.15) is 0 Å². The molecule has 94 valence electrons. The summed E-state index contributed by atoms with van der Waals surface area (Å²) in [5.41, 5.74) is 0.928. The van der Waals surface area contributed by atoms with Gasteiger partial charge in [0.2, 0.25) is 5.91 Å². The average Bonchev–Trinajstić information content (AvgIpc) is 3.01. The number of carbonyl (C=O) groups is 1. The second-order valence-corrected chi connectivity index (χ2v) is 12.1. The van der Waals surface area contributed by atoms with Crippen molar-refractivity contribution in [3.8, 4) is 0 Å². The maximum atomic E-state index is 12.8. The summed E-state index contributed by atoms with van der Waals surface area (Å²) < 4.78 is 0. The first kappa shape index (κ1) is 12.1. The Morgan fingerprint density at radius 1 is 1.28 bits per heavy atom. The Morgan fingerprint density at radius 2 is 1.89 bits per heavy atom. The number of nitrogens with zero attached hydrogens (tertiary/aromatic N) is 1. The molecule has 1 aromatic rings. The van der Waals surface area contributed by atoms with E-state index in [4.69, 9.17) is 12.2 Å². The predicted octanol–water partition coefficient (Wildman–Crippen LogP) is 3.46. The van der Waals surface area contributed by atoms with E-state index in [1.807, 2.05) is 30.3 Å². The molecule has 3 rings (SSSR count). The van der Waals surface area contributed by atoms with Crippen molar-refractivity contribution in [2.75, 3.05) is 4.90 Å². The van der Waals surface area contributed by atoms with E-state index in [0.717, 1.165) is 17.1 Å². The lowest BCUT2D eigenvalue weighted by Gasteiger charge is -2.28. The topological polar surface area (TPSA) is 20.3 Å². The fourth-order valence-corrected chi connectivity index (χ4v) is 6.55. The zero-order chi connectivity index (χ0) is 13.1. The summed E-state index contributed by atoms with van der Waals surface area (Å²) in [5, 5.41) is -0.111. The Labute approximate surface area is 114 Å². The van der Waals surface area contributed by atoms with Gasteiger partial charge in [-0.15, -0.1) is 0 Å². The van der Waals surface area contributed by atoms with E-state index in [1.54, 1.807) is 4.90 Å². The van der Waals surface area contributed by atoms with Gasteiger partial charge in [-0.25, -0.2) is 0 Å². The fourth-order valence-electron chi connectivity index (χ4n) is 3.22. The van der Waals surface area contributed by atoms with Crippen LogP contribution >= 0.6 is 12.2 Å². The lowest BCUT2D eigenvalue weighted by atomic mass is 10.3. The summed E-state index contributed by atoms with van der Waals surface area (Å²) in [5.74, 6) is 0.578. The maximum Gasteiger partial charge on any atom is 0.236 e. The molecule has 18 heavy (non-hydrogen) atoms. The first-order valence-corrected chi connectivity index (χ1v) is 10.2. The third-order valence-corrected chi connectivity index (χ3v) is 8.33. The Kier molecular flexibility index (Phi) is 2.35. The van der Waals surface area contributed by atoms with E-state index in [0.29, 0.717) is 5.92 Å². The molecule has 1 amide bonds. The number of rotatable bonds is 2. The number of piperidine rings is 1.